The summed E-state index contributed by atoms with van der Waals surface area (Å²) in [5, 5.41) is 9.92. The Morgan fingerprint density at radius 1 is 1.02 bits per heavy atom. The van der Waals surface area contributed by atoms with Crippen molar-refractivity contribution in [2.45, 2.75) is 124 Å². The van der Waals surface area contributed by atoms with Gasteiger partial charge in [0.1, 0.15) is 0 Å². The first-order valence-electron chi connectivity index (χ1n) is 15.7. The molecule has 1 aromatic carbocycles. The normalized spacial score (nSPS) is 38.8. The number of hydrogen-bond acceptors (Lipinski definition) is 7. The Labute approximate surface area is 260 Å². The van der Waals surface area contributed by atoms with Crippen molar-refractivity contribution < 1.29 is 29.0 Å². The van der Waals surface area contributed by atoms with E-state index in [1.54, 1.807) is 6.92 Å². The highest BCUT2D eigenvalue weighted by atomic mass is 32.2. The number of benzene rings is 1. The lowest BCUT2D eigenvalue weighted by molar-refractivity contribution is -0.166. The van der Waals surface area contributed by atoms with Crippen LogP contribution in [0, 0.1) is 34.5 Å². The lowest BCUT2D eigenvalue weighted by atomic mass is 9.34. The maximum absolute atomic E-state index is 12.7. The summed E-state index contributed by atoms with van der Waals surface area (Å²) in [6.45, 7) is 18.0. The SMILES string of the molecule is CC(=O)Oc1cc2c(c(C)c1OC(C)O)C(SC(C)=O)C=C1[C@@]2(C)CC[C@@]2(C)[C@@H]3C[C@](C)(C(N)=O)CC[C@]3(C)CC[C@]12C. The zero-order valence-electron chi connectivity index (χ0n) is 27.3. The van der Waals surface area contributed by atoms with Crippen LogP contribution in [0.25, 0.3) is 0 Å². The Balaban J connectivity index is 1.72. The maximum Gasteiger partial charge on any atom is 0.308 e. The lowest BCUT2D eigenvalue weighted by Crippen LogP contribution is -2.63. The molecule has 3 saturated carbocycles. The van der Waals surface area contributed by atoms with E-state index in [0.29, 0.717) is 11.7 Å². The van der Waals surface area contributed by atoms with Gasteiger partial charge in [0, 0.05) is 30.2 Å². The van der Waals surface area contributed by atoms with Gasteiger partial charge in [-0.3, -0.25) is 14.4 Å². The number of primary amides is 1. The van der Waals surface area contributed by atoms with Gasteiger partial charge >= 0.3 is 5.97 Å². The molecule has 3 N–H and O–H groups in total. The topological polar surface area (TPSA) is 116 Å². The molecule has 8 atom stereocenters. The van der Waals surface area contributed by atoms with E-state index in [1.165, 1.54) is 31.2 Å². The molecule has 5 rings (SSSR count). The predicted molar refractivity (Wildman–Crippen MR) is 169 cm³/mol. The molecule has 7 nitrogen and oxygen atoms in total. The molecule has 0 aromatic heterocycles. The highest BCUT2D eigenvalue weighted by molar-refractivity contribution is 8.13. The van der Waals surface area contributed by atoms with Crippen LogP contribution in [0.2, 0.25) is 0 Å². The number of hydrogen-bond donors (Lipinski definition) is 2. The van der Waals surface area contributed by atoms with Gasteiger partial charge in [0.15, 0.2) is 22.9 Å². The minimum Gasteiger partial charge on any atom is -0.461 e. The van der Waals surface area contributed by atoms with E-state index in [1.807, 2.05) is 13.0 Å². The standard InChI is InChI=1S/C35H49NO6S/c1-19-28-23(16-24(41-20(2)37)29(19)42-21(3)38)33(7)13-15-35(9)27-18-32(6,30(36)40)11-10-31(27,5)12-14-34(35,8)26(33)17-25(28)43-22(4)39/h16-17,21,25,27,38H,10-15,18H2,1-9H3,(H2,36,40)/t21?,25?,27-,31-,32-,33+,34-,35+/m1/s1. The van der Waals surface area contributed by atoms with Gasteiger partial charge in [0.2, 0.25) is 5.91 Å². The van der Waals surface area contributed by atoms with Crippen LogP contribution in [0.15, 0.2) is 17.7 Å². The molecule has 1 aromatic rings. The number of rotatable bonds is 5. The minimum atomic E-state index is -1.11. The molecule has 0 saturated heterocycles. The van der Waals surface area contributed by atoms with E-state index in [0.717, 1.165) is 61.6 Å². The minimum absolute atomic E-state index is 0.0160. The average Bonchev–Trinajstić information content (AvgIpc) is 2.89. The van der Waals surface area contributed by atoms with Gasteiger partial charge in [-0.1, -0.05) is 58.0 Å². The lowest BCUT2D eigenvalue weighted by Gasteiger charge is -2.70. The third kappa shape index (κ3) is 4.77. The van der Waals surface area contributed by atoms with Crippen LogP contribution in [0.3, 0.4) is 0 Å². The van der Waals surface area contributed by atoms with Crippen LogP contribution in [-0.4, -0.2) is 28.4 Å². The molecule has 0 bridgehead atoms. The fraction of sp³-hybridized carbons (Fsp3) is 0.686. The second-order valence-corrected chi connectivity index (χ2v) is 16.4. The summed E-state index contributed by atoms with van der Waals surface area (Å²) in [6.07, 6.45) is 7.82. The first kappa shape index (κ1) is 32.1. The van der Waals surface area contributed by atoms with Gasteiger partial charge in [-0.2, -0.15) is 0 Å². The number of ether oxygens (including phenoxy) is 2. The molecule has 4 aliphatic rings. The van der Waals surface area contributed by atoms with Crippen molar-refractivity contribution >= 4 is 28.8 Å². The van der Waals surface area contributed by atoms with E-state index < -0.39 is 17.7 Å². The van der Waals surface area contributed by atoms with E-state index in [4.69, 9.17) is 15.2 Å². The number of allylic oxidation sites excluding steroid dienone is 1. The van der Waals surface area contributed by atoms with E-state index in [9.17, 15) is 19.5 Å². The number of nitrogens with two attached hydrogens (primary N) is 1. The molecule has 3 fully saturated rings. The number of aliphatic hydroxyl groups excluding tert-OH is 1. The van der Waals surface area contributed by atoms with Crippen molar-refractivity contribution in [1.82, 2.24) is 0 Å². The Bertz CT molecular complexity index is 1420. The van der Waals surface area contributed by atoms with Crippen molar-refractivity contribution in [2.24, 2.45) is 33.3 Å². The molecule has 0 spiro atoms. The Morgan fingerprint density at radius 3 is 2.26 bits per heavy atom. The largest absolute Gasteiger partial charge is 0.461 e. The summed E-state index contributed by atoms with van der Waals surface area (Å²) in [7, 11) is 0. The third-order valence-corrected chi connectivity index (χ3v) is 13.4. The Morgan fingerprint density at radius 2 is 1.67 bits per heavy atom. The molecular weight excluding hydrogens is 562 g/mol. The molecule has 8 heteroatoms. The van der Waals surface area contributed by atoms with E-state index in [-0.39, 0.29) is 43.7 Å². The quantitative estimate of drug-likeness (QED) is 0.159. The van der Waals surface area contributed by atoms with Crippen molar-refractivity contribution in [2.75, 3.05) is 0 Å². The summed E-state index contributed by atoms with van der Waals surface area (Å²) in [5.41, 5.74) is 9.17. The number of aliphatic hydroxyl groups is 1. The Hall–Kier alpha value is -2.32. The molecule has 0 aliphatic heterocycles. The Kier molecular flexibility index (Phi) is 7.73. The first-order chi connectivity index (χ1) is 19.8. The van der Waals surface area contributed by atoms with Gasteiger partial charge in [0.05, 0.1) is 5.25 Å². The molecule has 1 amide bonds. The number of fused-ring (bicyclic) bond motifs is 7. The molecule has 4 aliphatic carbocycles. The van der Waals surface area contributed by atoms with Gasteiger partial charge in [-0.05, 0) is 98.1 Å². The maximum atomic E-state index is 12.7. The number of esters is 1. The van der Waals surface area contributed by atoms with E-state index in [2.05, 4.69) is 40.7 Å². The van der Waals surface area contributed by atoms with Crippen molar-refractivity contribution in [3.8, 4) is 11.5 Å². The number of amides is 1. The van der Waals surface area contributed by atoms with Gasteiger partial charge in [-0.15, -0.1) is 0 Å². The summed E-state index contributed by atoms with van der Waals surface area (Å²) in [5.74, 6) is 0.282. The molecule has 0 radical (unpaired) electrons. The number of carbonyl (C=O) groups excluding carboxylic acids is 3. The summed E-state index contributed by atoms with van der Waals surface area (Å²) in [6, 6.07) is 1.92. The summed E-state index contributed by atoms with van der Waals surface area (Å²) < 4.78 is 11.5. The highest BCUT2D eigenvalue weighted by Crippen LogP contribution is 2.75. The van der Waals surface area contributed by atoms with Gasteiger partial charge in [0.25, 0.3) is 0 Å². The predicted octanol–water partition coefficient (Wildman–Crippen LogP) is 7.05. The fourth-order valence-corrected chi connectivity index (χ4v) is 10.7. The smallest absolute Gasteiger partial charge is 0.308 e. The number of thioether (sulfide) groups is 1. The van der Waals surface area contributed by atoms with Gasteiger partial charge in [-0.25, -0.2) is 0 Å². The fourth-order valence-electron chi connectivity index (χ4n) is 9.71. The van der Waals surface area contributed by atoms with Crippen LogP contribution >= 0.6 is 11.8 Å². The molecule has 2 unspecified atom stereocenters. The average molecular weight is 612 g/mol. The van der Waals surface area contributed by atoms with Crippen LogP contribution in [-0.2, 0) is 19.8 Å². The zero-order valence-corrected chi connectivity index (χ0v) is 28.1. The number of carbonyl (C=O) groups is 3. The van der Waals surface area contributed by atoms with E-state index >= 15 is 0 Å². The van der Waals surface area contributed by atoms with Crippen LogP contribution in [0.4, 0.5) is 0 Å². The zero-order chi connectivity index (χ0) is 31.9. The second-order valence-electron chi connectivity index (χ2n) is 15.1. The van der Waals surface area contributed by atoms with Crippen molar-refractivity contribution in [3.63, 3.8) is 0 Å². The van der Waals surface area contributed by atoms with Crippen LogP contribution < -0.4 is 15.2 Å². The second kappa shape index (κ2) is 10.4. The summed E-state index contributed by atoms with van der Waals surface area (Å²) >= 11 is 1.29. The molecule has 0 heterocycles. The van der Waals surface area contributed by atoms with Crippen LogP contribution in [0.1, 0.15) is 122 Å². The monoisotopic (exact) mass is 611 g/mol. The third-order valence-electron chi connectivity index (χ3n) is 12.5. The molecular formula is C35H49NO6S. The van der Waals surface area contributed by atoms with Gasteiger partial charge < -0.3 is 20.3 Å². The summed E-state index contributed by atoms with van der Waals surface area (Å²) in [4.78, 5) is 37.6. The molecule has 236 valence electrons. The van der Waals surface area contributed by atoms with Crippen molar-refractivity contribution in [1.29, 1.82) is 0 Å². The molecule has 43 heavy (non-hydrogen) atoms. The first-order valence-corrected chi connectivity index (χ1v) is 16.6. The van der Waals surface area contributed by atoms with Crippen molar-refractivity contribution in [3.05, 3.63) is 34.4 Å². The highest BCUT2D eigenvalue weighted by Gasteiger charge is 2.67. The van der Waals surface area contributed by atoms with Crippen LogP contribution in [0.5, 0.6) is 11.5 Å².